The summed E-state index contributed by atoms with van der Waals surface area (Å²) in [5, 5.41) is 8.80. The summed E-state index contributed by atoms with van der Waals surface area (Å²) in [5.74, 6) is -0.828. The van der Waals surface area contributed by atoms with Gasteiger partial charge in [-0.3, -0.25) is 4.79 Å². The number of unbranched alkanes of at least 4 members (excludes halogenated alkanes) is 1. The molecular formula is C16H21NO3. The van der Waals surface area contributed by atoms with Gasteiger partial charge >= 0.3 is 5.97 Å². The molecule has 0 aliphatic carbocycles. The third-order valence-electron chi connectivity index (χ3n) is 3.16. The van der Waals surface area contributed by atoms with Crippen LogP contribution in [0.4, 0.5) is 0 Å². The highest BCUT2D eigenvalue weighted by Gasteiger charge is 2.08. The molecule has 0 fully saturated rings. The van der Waals surface area contributed by atoms with Crippen molar-refractivity contribution in [1.29, 1.82) is 0 Å². The molecule has 4 nitrogen and oxygen atoms in total. The number of allylic oxidation sites excluding steroid dienone is 1. The Morgan fingerprint density at radius 3 is 2.50 bits per heavy atom. The van der Waals surface area contributed by atoms with Crippen molar-refractivity contribution < 1.29 is 14.7 Å². The fourth-order valence-electron chi connectivity index (χ4n) is 1.85. The summed E-state index contributed by atoms with van der Waals surface area (Å²) in [7, 11) is 1.80. The molecule has 1 amide bonds. The molecule has 0 aliphatic heterocycles. The van der Waals surface area contributed by atoms with E-state index in [1.54, 1.807) is 36.2 Å². The first kappa shape index (κ1) is 16.0. The highest BCUT2D eigenvalue weighted by molar-refractivity contribution is 5.87. The summed E-state index contributed by atoms with van der Waals surface area (Å²) in [6, 6.07) is 6.65. The van der Waals surface area contributed by atoms with E-state index in [2.05, 4.69) is 6.58 Å². The average Bonchev–Trinajstić information content (AvgIpc) is 2.45. The zero-order chi connectivity index (χ0) is 15.0. The van der Waals surface area contributed by atoms with Gasteiger partial charge in [-0.2, -0.15) is 0 Å². The van der Waals surface area contributed by atoms with E-state index in [4.69, 9.17) is 5.11 Å². The van der Waals surface area contributed by atoms with E-state index in [1.165, 1.54) is 0 Å². The molecule has 0 atom stereocenters. The van der Waals surface area contributed by atoms with E-state index in [0.29, 0.717) is 12.8 Å². The molecule has 1 N–H and O–H groups in total. The molecule has 0 bridgehead atoms. The highest BCUT2D eigenvalue weighted by atomic mass is 16.4. The summed E-state index contributed by atoms with van der Waals surface area (Å²) < 4.78 is 0. The number of carbonyl (C=O) groups is 2. The number of aromatic carboxylic acids is 1. The van der Waals surface area contributed by atoms with E-state index in [9.17, 15) is 9.59 Å². The molecule has 0 radical (unpaired) electrons. The van der Waals surface area contributed by atoms with E-state index < -0.39 is 5.97 Å². The van der Waals surface area contributed by atoms with Crippen LogP contribution in [0.1, 0.15) is 35.2 Å². The van der Waals surface area contributed by atoms with Gasteiger partial charge in [0.25, 0.3) is 0 Å². The van der Waals surface area contributed by atoms with Crippen LogP contribution in [0, 0.1) is 0 Å². The Bertz CT molecular complexity index is 465. The second-order valence-electron chi connectivity index (χ2n) is 4.75. The van der Waals surface area contributed by atoms with E-state index in [1.807, 2.05) is 6.08 Å². The quantitative estimate of drug-likeness (QED) is 0.586. The van der Waals surface area contributed by atoms with Crippen molar-refractivity contribution in [2.45, 2.75) is 25.7 Å². The Morgan fingerprint density at radius 2 is 1.95 bits per heavy atom. The van der Waals surface area contributed by atoms with Crippen LogP contribution in [-0.2, 0) is 11.2 Å². The van der Waals surface area contributed by atoms with Crippen LogP contribution in [0.25, 0.3) is 0 Å². The second-order valence-corrected chi connectivity index (χ2v) is 4.75. The third-order valence-corrected chi connectivity index (χ3v) is 3.16. The Labute approximate surface area is 119 Å². The lowest BCUT2D eigenvalue weighted by atomic mass is 10.1. The number of carbonyl (C=O) groups excluding carboxylic acids is 1. The van der Waals surface area contributed by atoms with Crippen LogP contribution in [0.3, 0.4) is 0 Å². The zero-order valence-electron chi connectivity index (χ0n) is 11.8. The summed E-state index contributed by atoms with van der Waals surface area (Å²) >= 11 is 0. The monoisotopic (exact) mass is 275 g/mol. The van der Waals surface area contributed by atoms with Gasteiger partial charge in [0, 0.05) is 20.0 Å². The van der Waals surface area contributed by atoms with E-state index in [0.717, 1.165) is 24.9 Å². The summed E-state index contributed by atoms with van der Waals surface area (Å²) in [6.07, 6.45) is 4.76. The van der Waals surface area contributed by atoms with Gasteiger partial charge in [-0.15, -0.1) is 6.58 Å². The number of hydrogen-bond acceptors (Lipinski definition) is 2. The van der Waals surface area contributed by atoms with Gasteiger partial charge in [-0.1, -0.05) is 18.2 Å². The van der Waals surface area contributed by atoms with Crippen molar-refractivity contribution in [3.63, 3.8) is 0 Å². The number of benzene rings is 1. The van der Waals surface area contributed by atoms with Crippen molar-refractivity contribution in [3.8, 4) is 0 Å². The molecule has 0 saturated heterocycles. The van der Waals surface area contributed by atoms with Crippen LogP contribution >= 0.6 is 0 Å². The highest BCUT2D eigenvalue weighted by Crippen LogP contribution is 2.08. The van der Waals surface area contributed by atoms with Crippen molar-refractivity contribution in [2.75, 3.05) is 13.6 Å². The maximum atomic E-state index is 11.9. The maximum Gasteiger partial charge on any atom is 0.335 e. The number of hydrogen-bond donors (Lipinski definition) is 1. The first-order chi connectivity index (χ1) is 9.54. The molecule has 4 heteroatoms. The van der Waals surface area contributed by atoms with Crippen LogP contribution in [-0.4, -0.2) is 35.5 Å². The lowest BCUT2D eigenvalue weighted by molar-refractivity contribution is -0.129. The fraction of sp³-hybridized carbons (Fsp3) is 0.375. The van der Waals surface area contributed by atoms with Crippen molar-refractivity contribution in [2.24, 2.45) is 0 Å². The van der Waals surface area contributed by atoms with Gasteiger partial charge < -0.3 is 10.0 Å². The van der Waals surface area contributed by atoms with Gasteiger partial charge in [0.15, 0.2) is 0 Å². The number of amides is 1. The van der Waals surface area contributed by atoms with Crippen LogP contribution in [0.15, 0.2) is 36.9 Å². The predicted molar refractivity (Wildman–Crippen MR) is 78.8 cm³/mol. The molecule has 0 heterocycles. The molecule has 20 heavy (non-hydrogen) atoms. The Hall–Kier alpha value is -2.10. The standard InChI is InChI=1S/C16H21NO3/c1-3-4-5-12-17(2)15(18)11-8-13-6-9-14(10-7-13)16(19)20/h3,6-7,9-10H,1,4-5,8,11-12H2,2H3,(H,19,20). The molecule has 0 unspecified atom stereocenters. The topological polar surface area (TPSA) is 57.6 Å². The lowest BCUT2D eigenvalue weighted by Crippen LogP contribution is -2.27. The van der Waals surface area contributed by atoms with E-state index >= 15 is 0 Å². The van der Waals surface area contributed by atoms with E-state index in [-0.39, 0.29) is 11.5 Å². The van der Waals surface area contributed by atoms with Gasteiger partial charge in [0.1, 0.15) is 0 Å². The number of aryl methyl sites for hydroxylation is 1. The molecule has 0 aliphatic rings. The van der Waals surface area contributed by atoms with Crippen molar-refractivity contribution >= 4 is 11.9 Å². The van der Waals surface area contributed by atoms with Gasteiger partial charge in [-0.25, -0.2) is 4.79 Å². The largest absolute Gasteiger partial charge is 0.478 e. The predicted octanol–water partition coefficient (Wildman–Crippen LogP) is 2.74. The van der Waals surface area contributed by atoms with Crippen molar-refractivity contribution in [3.05, 3.63) is 48.0 Å². The van der Waals surface area contributed by atoms with Crippen molar-refractivity contribution in [1.82, 2.24) is 4.90 Å². The number of carboxylic acids is 1. The van der Waals surface area contributed by atoms with Gasteiger partial charge in [0.05, 0.1) is 5.56 Å². The minimum Gasteiger partial charge on any atom is -0.478 e. The number of carboxylic acid groups (broad SMARTS) is 1. The maximum absolute atomic E-state index is 11.9. The van der Waals surface area contributed by atoms with Crippen LogP contribution in [0.5, 0.6) is 0 Å². The molecule has 108 valence electrons. The number of rotatable bonds is 8. The summed E-state index contributed by atoms with van der Waals surface area (Å²) in [5.41, 5.74) is 1.24. The SMILES string of the molecule is C=CCCCN(C)C(=O)CCc1ccc(C(=O)O)cc1. The molecule has 0 saturated carbocycles. The smallest absolute Gasteiger partial charge is 0.335 e. The lowest BCUT2D eigenvalue weighted by Gasteiger charge is -2.16. The molecular weight excluding hydrogens is 254 g/mol. The molecule has 0 aromatic heterocycles. The van der Waals surface area contributed by atoms with Gasteiger partial charge in [0.2, 0.25) is 5.91 Å². The van der Waals surface area contributed by atoms with Gasteiger partial charge in [-0.05, 0) is 37.0 Å². The zero-order valence-corrected chi connectivity index (χ0v) is 11.8. The van der Waals surface area contributed by atoms with Crippen LogP contribution in [0.2, 0.25) is 0 Å². The molecule has 1 rings (SSSR count). The Kier molecular flexibility index (Phi) is 6.50. The summed E-state index contributed by atoms with van der Waals surface area (Å²) in [6.45, 7) is 4.39. The first-order valence-electron chi connectivity index (χ1n) is 6.71. The average molecular weight is 275 g/mol. The number of nitrogens with zero attached hydrogens (tertiary/aromatic N) is 1. The molecule has 1 aromatic carbocycles. The second kappa shape index (κ2) is 8.15. The minimum atomic E-state index is -0.936. The molecule has 0 spiro atoms. The Balaban J connectivity index is 2.40. The normalized spacial score (nSPS) is 10.1. The minimum absolute atomic E-state index is 0.108. The third kappa shape index (κ3) is 5.26. The fourth-order valence-corrected chi connectivity index (χ4v) is 1.85. The summed E-state index contributed by atoms with van der Waals surface area (Å²) in [4.78, 5) is 24.3. The first-order valence-corrected chi connectivity index (χ1v) is 6.71. The molecule has 1 aromatic rings. The van der Waals surface area contributed by atoms with Crippen LogP contribution < -0.4 is 0 Å². The Morgan fingerprint density at radius 1 is 1.30 bits per heavy atom.